The van der Waals surface area contributed by atoms with Crippen LogP contribution in [0.25, 0.3) is 11.0 Å². The Labute approximate surface area is 214 Å². The summed E-state index contributed by atoms with van der Waals surface area (Å²) in [4.78, 5) is 31.0. The van der Waals surface area contributed by atoms with Gasteiger partial charge in [0.05, 0.1) is 42.5 Å². The number of benzene rings is 2. The zero-order valence-corrected chi connectivity index (χ0v) is 21.2. The highest BCUT2D eigenvalue weighted by atomic mass is 19.1. The number of rotatable bonds is 5. The Morgan fingerprint density at radius 1 is 1.16 bits per heavy atom. The molecule has 10 heteroatoms. The minimum absolute atomic E-state index is 0.0276. The number of aliphatic carboxylic acids is 1. The first-order chi connectivity index (χ1) is 17.8. The predicted octanol–water partition coefficient (Wildman–Crippen LogP) is 5.65. The quantitative estimate of drug-likeness (QED) is 0.457. The lowest BCUT2D eigenvalue weighted by Crippen LogP contribution is -2.42. The van der Waals surface area contributed by atoms with Crippen molar-refractivity contribution in [1.29, 1.82) is 0 Å². The fourth-order valence-corrected chi connectivity index (χ4v) is 5.70. The standard InChI is InChI=1S/C27H31FN4O5/c1-15-7-9-19-22(31(15)27(35)37-3)11-12-23-24(19)30-26(29-21-10-8-18(36-2)14-20(21)28)32(23)17-6-4-5-16(13-17)25(33)34/h8,10-12,14-17H,4-7,9,13H2,1-3H3,(H,29,30)(H,33,34)/t15-,16+,17+/m0/s1. The number of fused-ring (bicyclic) bond motifs is 3. The number of hydrogen-bond donors (Lipinski definition) is 2. The molecular formula is C27H31FN4O5. The number of nitrogens with zero attached hydrogens (tertiary/aromatic N) is 3. The molecule has 3 atom stereocenters. The largest absolute Gasteiger partial charge is 0.497 e. The van der Waals surface area contributed by atoms with E-state index in [1.807, 2.05) is 23.6 Å². The Hall–Kier alpha value is -3.82. The van der Waals surface area contributed by atoms with Gasteiger partial charge in [-0.1, -0.05) is 6.42 Å². The molecule has 1 aliphatic carbocycles. The second-order valence-electron chi connectivity index (χ2n) is 9.79. The number of aryl methyl sites for hydroxylation is 1. The minimum atomic E-state index is -0.801. The molecule has 1 aromatic heterocycles. The third kappa shape index (κ3) is 4.45. The lowest BCUT2D eigenvalue weighted by atomic mass is 9.85. The monoisotopic (exact) mass is 510 g/mol. The highest BCUT2D eigenvalue weighted by Gasteiger charge is 2.34. The zero-order valence-electron chi connectivity index (χ0n) is 21.2. The molecule has 196 valence electrons. The molecule has 1 aliphatic heterocycles. The highest BCUT2D eigenvalue weighted by Crippen LogP contribution is 2.42. The lowest BCUT2D eigenvalue weighted by molar-refractivity contribution is -0.143. The zero-order chi connectivity index (χ0) is 26.3. The maximum absolute atomic E-state index is 14.9. The van der Waals surface area contributed by atoms with Crippen molar-refractivity contribution in [1.82, 2.24) is 9.55 Å². The molecule has 0 saturated heterocycles. The normalized spacial score (nSPS) is 21.4. The van der Waals surface area contributed by atoms with Gasteiger partial charge in [0.1, 0.15) is 11.6 Å². The van der Waals surface area contributed by atoms with Crippen LogP contribution in [-0.4, -0.2) is 47.0 Å². The SMILES string of the molecule is COC(=O)N1c2ccc3c(nc(Nc4ccc(OC)cc4F)n3[C@@H]3CCC[C@@H](C(=O)O)C3)c2CC[C@@H]1C. The number of carboxylic acids is 1. The molecule has 1 fully saturated rings. The van der Waals surface area contributed by atoms with Gasteiger partial charge in [-0.2, -0.15) is 0 Å². The summed E-state index contributed by atoms with van der Waals surface area (Å²) < 4.78 is 27.1. The third-order valence-corrected chi connectivity index (χ3v) is 7.61. The van der Waals surface area contributed by atoms with E-state index in [1.54, 1.807) is 17.0 Å². The Kier molecular flexibility index (Phi) is 6.66. The van der Waals surface area contributed by atoms with Gasteiger partial charge < -0.3 is 24.5 Å². The van der Waals surface area contributed by atoms with Crippen molar-refractivity contribution in [3.05, 3.63) is 41.7 Å². The average Bonchev–Trinajstić information content (AvgIpc) is 3.27. The number of nitrogens with one attached hydrogen (secondary N) is 1. The molecule has 9 nitrogen and oxygen atoms in total. The number of carbonyl (C=O) groups excluding carboxylic acids is 1. The van der Waals surface area contributed by atoms with Crippen molar-refractivity contribution in [2.45, 2.75) is 57.5 Å². The van der Waals surface area contributed by atoms with Crippen LogP contribution in [0.2, 0.25) is 0 Å². The van der Waals surface area contributed by atoms with E-state index in [-0.39, 0.29) is 17.8 Å². The number of halogens is 1. The summed E-state index contributed by atoms with van der Waals surface area (Å²) >= 11 is 0. The number of amides is 1. The molecule has 0 unspecified atom stereocenters. The second kappa shape index (κ2) is 9.91. The molecule has 1 amide bonds. The van der Waals surface area contributed by atoms with Crippen molar-refractivity contribution in [2.75, 3.05) is 24.4 Å². The summed E-state index contributed by atoms with van der Waals surface area (Å²) in [5.74, 6) is -0.899. The van der Waals surface area contributed by atoms with Gasteiger partial charge in [-0.3, -0.25) is 9.69 Å². The van der Waals surface area contributed by atoms with Crippen molar-refractivity contribution in [3.8, 4) is 5.75 Å². The van der Waals surface area contributed by atoms with Gasteiger partial charge in [0.2, 0.25) is 5.95 Å². The molecule has 1 saturated carbocycles. The number of anilines is 3. The number of aromatic nitrogens is 2. The van der Waals surface area contributed by atoms with E-state index in [0.717, 1.165) is 42.5 Å². The first kappa shape index (κ1) is 24.9. The number of carboxylic acid groups (broad SMARTS) is 1. The molecule has 0 bridgehead atoms. The van der Waals surface area contributed by atoms with Gasteiger partial charge in [0.25, 0.3) is 0 Å². The Morgan fingerprint density at radius 2 is 1.97 bits per heavy atom. The topological polar surface area (TPSA) is 106 Å². The van der Waals surface area contributed by atoms with Gasteiger partial charge in [-0.15, -0.1) is 0 Å². The van der Waals surface area contributed by atoms with Crippen LogP contribution >= 0.6 is 0 Å². The van der Waals surface area contributed by atoms with Gasteiger partial charge in [-0.05, 0) is 63.3 Å². The molecule has 3 aromatic rings. The number of methoxy groups -OCH3 is 2. The van der Waals surface area contributed by atoms with Gasteiger partial charge in [0.15, 0.2) is 0 Å². The van der Waals surface area contributed by atoms with Crippen LogP contribution in [0, 0.1) is 11.7 Å². The van der Waals surface area contributed by atoms with E-state index in [2.05, 4.69) is 5.32 Å². The first-order valence-corrected chi connectivity index (χ1v) is 12.6. The fraction of sp³-hybridized carbons (Fsp3) is 0.444. The fourth-order valence-electron chi connectivity index (χ4n) is 5.70. The Morgan fingerprint density at radius 3 is 2.68 bits per heavy atom. The molecule has 2 aromatic carbocycles. The summed E-state index contributed by atoms with van der Waals surface area (Å²) in [5.41, 5.74) is 3.44. The van der Waals surface area contributed by atoms with Crippen molar-refractivity contribution < 1.29 is 28.6 Å². The summed E-state index contributed by atoms with van der Waals surface area (Å²) in [6.07, 6.45) is 3.69. The van der Waals surface area contributed by atoms with Gasteiger partial charge in [0, 0.05) is 23.7 Å². The summed E-state index contributed by atoms with van der Waals surface area (Å²) in [6.45, 7) is 1.98. The first-order valence-electron chi connectivity index (χ1n) is 12.6. The van der Waals surface area contributed by atoms with Gasteiger partial charge in [-0.25, -0.2) is 14.2 Å². The molecule has 2 N–H and O–H groups in total. The smallest absolute Gasteiger partial charge is 0.414 e. The Balaban J connectivity index is 1.65. The highest BCUT2D eigenvalue weighted by molar-refractivity contribution is 5.96. The number of ether oxygens (including phenoxy) is 2. The average molecular weight is 511 g/mol. The molecule has 5 rings (SSSR count). The maximum atomic E-state index is 14.9. The van der Waals surface area contributed by atoms with E-state index >= 15 is 0 Å². The van der Waals surface area contributed by atoms with Crippen LogP contribution in [-0.2, 0) is 16.0 Å². The van der Waals surface area contributed by atoms with Crippen molar-refractivity contribution >= 4 is 40.4 Å². The summed E-state index contributed by atoms with van der Waals surface area (Å²) in [5, 5.41) is 12.8. The minimum Gasteiger partial charge on any atom is -0.497 e. The van der Waals surface area contributed by atoms with E-state index in [0.29, 0.717) is 30.1 Å². The molecular weight excluding hydrogens is 479 g/mol. The second-order valence-corrected chi connectivity index (χ2v) is 9.79. The van der Waals surface area contributed by atoms with E-state index in [4.69, 9.17) is 14.5 Å². The van der Waals surface area contributed by atoms with E-state index in [9.17, 15) is 19.1 Å². The lowest BCUT2D eigenvalue weighted by Gasteiger charge is -2.34. The number of hydrogen-bond acceptors (Lipinski definition) is 6. The van der Waals surface area contributed by atoms with Crippen LogP contribution in [0.4, 0.5) is 26.5 Å². The number of imidazole rings is 1. The Bertz CT molecular complexity index is 1360. The van der Waals surface area contributed by atoms with Crippen molar-refractivity contribution in [3.63, 3.8) is 0 Å². The van der Waals surface area contributed by atoms with Gasteiger partial charge >= 0.3 is 12.1 Å². The van der Waals surface area contributed by atoms with Crippen LogP contribution in [0.1, 0.15) is 50.6 Å². The van der Waals surface area contributed by atoms with Crippen LogP contribution in [0.15, 0.2) is 30.3 Å². The predicted molar refractivity (Wildman–Crippen MR) is 137 cm³/mol. The van der Waals surface area contributed by atoms with Crippen LogP contribution in [0.5, 0.6) is 5.75 Å². The third-order valence-electron chi connectivity index (χ3n) is 7.61. The molecule has 0 radical (unpaired) electrons. The molecule has 2 aliphatic rings. The number of carbonyl (C=O) groups is 2. The van der Waals surface area contributed by atoms with Crippen LogP contribution in [0.3, 0.4) is 0 Å². The summed E-state index contributed by atoms with van der Waals surface area (Å²) in [7, 11) is 2.84. The molecule has 37 heavy (non-hydrogen) atoms. The maximum Gasteiger partial charge on any atom is 0.414 e. The van der Waals surface area contributed by atoms with E-state index in [1.165, 1.54) is 20.3 Å². The van der Waals surface area contributed by atoms with E-state index < -0.39 is 23.8 Å². The van der Waals surface area contributed by atoms with Crippen LogP contribution < -0.4 is 15.0 Å². The molecule has 0 spiro atoms. The van der Waals surface area contributed by atoms with Crippen molar-refractivity contribution in [2.24, 2.45) is 5.92 Å². The molecule has 2 heterocycles. The summed E-state index contributed by atoms with van der Waals surface area (Å²) in [6, 6.07) is 8.22.